The lowest BCUT2D eigenvalue weighted by Crippen LogP contribution is -2.10. The van der Waals surface area contributed by atoms with Crippen LogP contribution in [0.25, 0.3) is 86.3 Å². The molecular weight excluding hydrogens is 687 g/mol. The summed E-state index contributed by atoms with van der Waals surface area (Å²) in [7, 11) is 0. The summed E-state index contributed by atoms with van der Waals surface area (Å²) in [5.74, 6) is 0. The number of benzene rings is 9. The fourth-order valence-corrected chi connectivity index (χ4v) is 9.48. The molecule has 0 aliphatic carbocycles. The van der Waals surface area contributed by atoms with E-state index in [1.807, 2.05) is 17.4 Å². The highest BCUT2D eigenvalue weighted by atomic mass is 32.1. The zero-order valence-electron chi connectivity index (χ0n) is 29.8. The predicted molar refractivity (Wildman–Crippen MR) is 235 cm³/mol. The van der Waals surface area contributed by atoms with Crippen molar-refractivity contribution in [2.24, 2.45) is 0 Å². The molecule has 0 unspecified atom stereocenters. The molecular formula is C52H33NOS. The summed E-state index contributed by atoms with van der Waals surface area (Å²) in [4.78, 5) is 2.44. The highest BCUT2D eigenvalue weighted by Crippen LogP contribution is 2.48. The Morgan fingerprint density at radius 3 is 1.91 bits per heavy atom. The first-order valence-electron chi connectivity index (χ1n) is 18.7. The third kappa shape index (κ3) is 5.24. The Morgan fingerprint density at radius 1 is 0.382 bits per heavy atom. The molecule has 9 aromatic carbocycles. The second kappa shape index (κ2) is 12.9. The summed E-state index contributed by atoms with van der Waals surface area (Å²) in [6.07, 6.45) is 0. The minimum atomic E-state index is 0.898. The van der Waals surface area contributed by atoms with Crippen molar-refractivity contribution in [2.75, 3.05) is 4.90 Å². The molecule has 0 fully saturated rings. The molecule has 0 aliphatic heterocycles. The maximum absolute atomic E-state index is 6.65. The standard InChI is InChI=1S/C52H33NOS/c1-2-13-34(14-3-1)35-27-29-37(30-28-35)53(47-23-12-26-50-51(47)45-19-7-9-25-49(45)55-50)38-31-32-41(46(33-38)40-20-10-16-36-15-4-5-17-39(36)40)43-21-11-22-44-42-18-6-8-24-48(42)54-52(43)44/h1-33H. The molecule has 11 aromatic rings. The number of nitrogens with zero attached hydrogens (tertiary/aromatic N) is 1. The third-order valence-electron chi connectivity index (χ3n) is 10.9. The Labute approximate surface area is 322 Å². The summed E-state index contributed by atoms with van der Waals surface area (Å²) in [5, 5.41) is 7.21. The maximum Gasteiger partial charge on any atom is 0.143 e. The van der Waals surface area contributed by atoms with Gasteiger partial charge in [0, 0.05) is 47.9 Å². The predicted octanol–water partition coefficient (Wildman–Crippen LogP) is 15.6. The molecule has 0 aliphatic rings. The number of hydrogen-bond acceptors (Lipinski definition) is 3. The lowest BCUT2D eigenvalue weighted by molar-refractivity contribution is 0.670. The van der Waals surface area contributed by atoms with Crippen LogP contribution in [0.15, 0.2) is 205 Å². The first-order chi connectivity index (χ1) is 27.3. The molecule has 0 radical (unpaired) electrons. The lowest BCUT2D eigenvalue weighted by Gasteiger charge is -2.28. The summed E-state index contributed by atoms with van der Waals surface area (Å²) >= 11 is 1.85. The quantitative estimate of drug-likeness (QED) is 0.170. The molecule has 0 saturated heterocycles. The SMILES string of the molecule is c1ccc(-c2ccc(N(c3ccc(-c4cccc5c4oc4ccccc45)c(-c4cccc5ccccc45)c3)c3cccc4sc5ccccc5c34)cc2)cc1. The van der Waals surface area contributed by atoms with Crippen LogP contribution in [0.1, 0.15) is 0 Å². The average Bonchev–Trinajstić information content (AvgIpc) is 3.83. The zero-order valence-corrected chi connectivity index (χ0v) is 30.6. The van der Waals surface area contributed by atoms with Gasteiger partial charge in [-0.2, -0.15) is 0 Å². The van der Waals surface area contributed by atoms with Gasteiger partial charge in [-0.1, -0.05) is 152 Å². The second-order valence-corrected chi connectivity index (χ2v) is 15.1. The van der Waals surface area contributed by atoms with Gasteiger partial charge in [0.25, 0.3) is 0 Å². The van der Waals surface area contributed by atoms with Crippen LogP contribution >= 0.6 is 11.3 Å². The van der Waals surface area contributed by atoms with E-state index >= 15 is 0 Å². The molecule has 0 amide bonds. The van der Waals surface area contributed by atoms with Crippen LogP contribution in [0, 0.1) is 0 Å². The zero-order chi connectivity index (χ0) is 36.3. The Bertz CT molecular complexity index is 3200. The fraction of sp³-hybridized carbons (Fsp3) is 0. The van der Waals surface area contributed by atoms with Crippen LogP contribution in [0.5, 0.6) is 0 Å². The fourth-order valence-electron chi connectivity index (χ4n) is 8.35. The highest BCUT2D eigenvalue weighted by Gasteiger charge is 2.22. The van der Waals surface area contributed by atoms with Crippen molar-refractivity contribution in [2.45, 2.75) is 0 Å². The van der Waals surface area contributed by atoms with Crippen molar-refractivity contribution < 1.29 is 4.42 Å². The van der Waals surface area contributed by atoms with Gasteiger partial charge in [-0.05, 0) is 87.1 Å². The summed E-state index contributed by atoms with van der Waals surface area (Å²) in [6, 6.07) is 72.2. The normalized spacial score (nSPS) is 11.6. The number of para-hydroxylation sites is 2. The number of hydrogen-bond donors (Lipinski definition) is 0. The van der Waals surface area contributed by atoms with Gasteiger partial charge < -0.3 is 9.32 Å². The Balaban J connectivity index is 1.19. The smallest absolute Gasteiger partial charge is 0.143 e. The van der Waals surface area contributed by atoms with Gasteiger partial charge in [-0.25, -0.2) is 0 Å². The molecule has 0 N–H and O–H groups in total. The van der Waals surface area contributed by atoms with Gasteiger partial charge in [0.15, 0.2) is 0 Å². The van der Waals surface area contributed by atoms with Crippen LogP contribution < -0.4 is 4.90 Å². The number of furan rings is 1. The first kappa shape index (κ1) is 31.6. The Morgan fingerprint density at radius 2 is 1.02 bits per heavy atom. The third-order valence-corrected chi connectivity index (χ3v) is 12.0. The average molecular weight is 720 g/mol. The van der Waals surface area contributed by atoms with E-state index in [4.69, 9.17) is 4.42 Å². The summed E-state index contributed by atoms with van der Waals surface area (Å²) in [5.41, 5.74) is 12.1. The molecule has 0 spiro atoms. The van der Waals surface area contributed by atoms with Crippen molar-refractivity contribution >= 4 is 81.3 Å². The van der Waals surface area contributed by atoms with E-state index in [2.05, 4.69) is 199 Å². The van der Waals surface area contributed by atoms with Crippen molar-refractivity contribution in [3.8, 4) is 33.4 Å². The molecule has 0 saturated carbocycles. The maximum atomic E-state index is 6.65. The molecule has 11 rings (SSSR count). The van der Waals surface area contributed by atoms with Crippen molar-refractivity contribution in [3.63, 3.8) is 0 Å². The van der Waals surface area contributed by atoms with Gasteiger partial charge in [-0.3, -0.25) is 0 Å². The molecule has 258 valence electrons. The van der Waals surface area contributed by atoms with Crippen LogP contribution in [0.2, 0.25) is 0 Å². The van der Waals surface area contributed by atoms with E-state index in [-0.39, 0.29) is 0 Å². The van der Waals surface area contributed by atoms with E-state index in [9.17, 15) is 0 Å². The lowest BCUT2D eigenvalue weighted by atomic mass is 9.90. The number of thiophene rings is 1. The highest BCUT2D eigenvalue weighted by molar-refractivity contribution is 7.26. The van der Waals surface area contributed by atoms with Crippen molar-refractivity contribution in [1.82, 2.24) is 0 Å². The van der Waals surface area contributed by atoms with E-state index in [0.29, 0.717) is 0 Å². The largest absolute Gasteiger partial charge is 0.455 e. The Hall–Kier alpha value is -6.94. The van der Waals surface area contributed by atoms with Gasteiger partial charge in [0.2, 0.25) is 0 Å². The van der Waals surface area contributed by atoms with Gasteiger partial charge in [0.1, 0.15) is 11.2 Å². The minimum Gasteiger partial charge on any atom is -0.455 e. The van der Waals surface area contributed by atoms with Crippen molar-refractivity contribution in [3.05, 3.63) is 200 Å². The van der Waals surface area contributed by atoms with E-state index in [1.165, 1.54) is 47.6 Å². The number of anilines is 3. The number of fused-ring (bicyclic) bond motifs is 7. The first-order valence-corrected chi connectivity index (χ1v) is 19.5. The van der Waals surface area contributed by atoms with Crippen LogP contribution in [0.4, 0.5) is 17.1 Å². The van der Waals surface area contributed by atoms with E-state index < -0.39 is 0 Å². The van der Waals surface area contributed by atoms with Crippen LogP contribution in [-0.4, -0.2) is 0 Å². The monoisotopic (exact) mass is 719 g/mol. The molecule has 55 heavy (non-hydrogen) atoms. The van der Waals surface area contributed by atoms with Crippen LogP contribution in [0.3, 0.4) is 0 Å². The van der Waals surface area contributed by atoms with E-state index in [1.54, 1.807) is 0 Å². The second-order valence-electron chi connectivity index (χ2n) is 14.0. The molecule has 2 aromatic heterocycles. The summed E-state index contributed by atoms with van der Waals surface area (Å²) < 4.78 is 9.21. The van der Waals surface area contributed by atoms with Crippen molar-refractivity contribution in [1.29, 1.82) is 0 Å². The van der Waals surface area contributed by atoms with E-state index in [0.717, 1.165) is 55.7 Å². The molecule has 2 heterocycles. The molecule has 0 bridgehead atoms. The van der Waals surface area contributed by atoms with Crippen LogP contribution in [-0.2, 0) is 0 Å². The molecule has 2 nitrogen and oxygen atoms in total. The Kier molecular flexibility index (Phi) is 7.39. The number of rotatable bonds is 6. The summed E-state index contributed by atoms with van der Waals surface area (Å²) in [6.45, 7) is 0. The van der Waals surface area contributed by atoms with Gasteiger partial charge >= 0.3 is 0 Å². The topological polar surface area (TPSA) is 16.4 Å². The van der Waals surface area contributed by atoms with Gasteiger partial charge in [0.05, 0.1) is 5.69 Å². The molecule has 3 heteroatoms. The molecule has 0 atom stereocenters. The van der Waals surface area contributed by atoms with Gasteiger partial charge in [-0.15, -0.1) is 11.3 Å². The minimum absolute atomic E-state index is 0.898.